The highest BCUT2D eigenvalue weighted by Gasteiger charge is 2.38. The lowest BCUT2D eigenvalue weighted by Crippen LogP contribution is -2.51. The van der Waals surface area contributed by atoms with E-state index in [1.54, 1.807) is 39.7 Å². The second kappa shape index (κ2) is 7.71. The van der Waals surface area contributed by atoms with Gasteiger partial charge in [0.1, 0.15) is 11.9 Å². The molecule has 28 heavy (non-hydrogen) atoms. The van der Waals surface area contributed by atoms with Gasteiger partial charge in [-0.2, -0.15) is 5.10 Å². The highest BCUT2D eigenvalue weighted by atomic mass is 19.1. The Morgan fingerprint density at radius 3 is 2.57 bits per heavy atom. The van der Waals surface area contributed by atoms with Crippen LogP contribution in [0.1, 0.15) is 23.3 Å². The van der Waals surface area contributed by atoms with Gasteiger partial charge in [0, 0.05) is 26.7 Å². The zero-order valence-electron chi connectivity index (χ0n) is 15.8. The summed E-state index contributed by atoms with van der Waals surface area (Å²) in [4.78, 5) is 29.4. The molecule has 148 valence electrons. The molecule has 0 unspecified atom stereocenters. The summed E-state index contributed by atoms with van der Waals surface area (Å²) in [6.45, 7) is 2.74. The topological polar surface area (TPSA) is 67.7 Å². The van der Waals surface area contributed by atoms with E-state index in [0.717, 1.165) is 17.7 Å². The number of hydrogen-bond donors (Lipinski definition) is 0. The highest BCUT2D eigenvalue weighted by molar-refractivity contribution is 5.97. The van der Waals surface area contributed by atoms with Gasteiger partial charge >= 0.3 is 0 Å². The van der Waals surface area contributed by atoms with Gasteiger partial charge in [0.15, 0.2) is 5.69 Å². The van der Waals surface area contributed by atoms with Crippen LogP contribution in [0, 0.1) is 5.82 Å². The number of aromatic nitrogens is 2. The number of hydrogen-bond acceptors (Lipinski definition) is 4. The molecule has 0 spiro atoms. The van der Waals surface area contributed by atoms with E-state index in [4.69, 9.17) is 4.74 Å². The summed E-state index contributed by atoms with van der Waals surface area (Å²) < 4.78 is 20.1. The van der Waals surface area contributed by atoms with Crippen molar-refractivity contribution in [2.45, 2.75) is 18.9 Å². The largest absolute Gasteiger partial charge is 0.378 e. The van der Waals surface area contributed by atoms with Crippen LogP contribution in [0.15, 0.2) is 30.3 Å². The van der Waals surface area contributed by atoms with Crippen LogP contribution in [0.4, 0.5) is 4.39 Å². The number of nitrogens with zero attached hydrogens (tertiary/aromatic N) is 4. The Morgan fingerprint density at radius 2 is 1.86 bits per heavy atom. The fourth-order valence-electron chi connectivity index (χ4n) is 3.87. The Hall–Kier alpha value is -2.74. The third kappa shape index (κ3) is 3.52. The van der Waals surface area contributed by atoms with Crippen LogP contribution in [0.2, 0.25) is 0 Å². The van der Waals surface area contributed by atoms with Gasteiger partial charge in [-0.05, 0) is 48.7 Å². The van der Waals surface area contributed by atoms with Gasteiger partial charge in [0.05, 0.1) is 18.9 Å². The molecule has 4 rings (SSSR count). The van der Waals surface area contributed by atoms with Gasteiger partial charge in [0.25, 0.3) is 5.91 Å². The van der Waals surface area contributed by atoms with E-state index in [9.17, 15) is 14.0 Å². The zero-order chi connectivity index (χ0) is 19.7. The van der Waals surface area contributed by atoms with Gasteiger partial charge in [-0.15, -0.1) is 0 Å². The van der Waals surface area contributed by atoms with E-state index in [-0.39, 0.29) is 17.6 Å². The predicted molar refractivity (Wildman–Crippen MR) is 100 cm³/mol. The highest BCUT2D eigenvalue weighted by Crippen LogP contribution is 2.25. The molecule has 2 saturated heterocycles. The standard InChI is InChI=1S/C20H23FN4O3/c1-23-18(14-4-6-15(21)7-5-14)13-16(22-23)19(26)25-8-2-3-17(25)20(27)24-9-11-28-12-10-24/h4-7,13,17H,2-3,8-12H2,1H3/t17-/m1/s1. The fourth-order valence-corrected chi connectivity index (χ4v) is 3.87. The van der Waals surface area contributed by atoms with E-state index in [0.29, 0.717) is 45.0 Å². The average Bonchev–Trinajstić information content (AvgIpc) is 3.35. The molecular weight excluding hydrogens is 363 g/mol. The van der Waals surface area contributed by atoms with Crippen molar-refractivity contribution in [1.82, 2.24) is 19.6 Å². The smallest absolute Gasteiger partial charge is 0.275 e. The summed E-state index contributed by atoms with van der Waals surface area (Å²) in [5.74, 6) is -0.569. The monoisotopic (exact) mass is 386 g/mol. The minimum atomic E-state index is -0.443. The van der Waals surface area contributed by atoms with Crippen molar-refractivity contribution >= 4 is 11.8 Å². The molecule has 0 bridgehead atoms. The van der Waals surface area contributed by atoms with Crippen LogP contribution >= 0.6 is 0 Å². The number of amides is 2. The first kappa shape index (κ1) is 18.6. The molecule has 2 amide bonds. The minimum Gasteiger partial charge on any atom is -0.378 e. The average molecular weight is 386 g/mol. The molecule has 1 atom stereocenters. The second-order valence-corrected chi connectivity index (χ2v) is 7.14. The number of carbonyl (C=O) groups excluding carboxylic acids is 2. The molecule has 1 aromatic heterocycles. The van der Waals surface area contributed by atoms with Gasteiger partial charge in [-0.1, -0.05) is 0 Å². The third-order valence-corrected chi connectivity index (χ3v) is 5.36. The quantitative estimate of drug-likeness (QED) is 0.805. The molecule has 1 aromatic carbocycles. The van der Waals surface area contributed by atoms with Crippen molar-refractivity contribution in [3.63, 3.8) is 0 Å². The number of carbonyl (C=O) groups is 2. The number of benzene rings is 1. The number of morpholine rings is 1. The van der Waals surface area contributed by atoms with Gasteiger partial charge in [0.2, 0.25) is 5.91 Å². The SMILES string of the molecule is Cn1nc(C(=O)N2CCC[C@@H]2C(=O)N2CCOCC2)cc1-c1ccc(F)cc1. The number of rotatable bonds is 3. The first-order valence-electron chi connectivity index (χ1n) is 9.52. The summed E-state index contributed by atoms with van der Waals surface area (Å²) in [5.41, 5.74) is 1.79. The van der Waals surface area contributed by atoms with Crippen LogP contribution in [0.25, 0.3) is 11.3 Å². The van der Waals surface area contributed by atoms with Crippen molar-refractivity contribution in [2.75, 3.05) is 32.8 Å². The summed E-state index contributed by atoms with van der Waals surface area (Å²) >= 11 is 0. The van der Waals surface area contributed by atoms with Crippen molar-refractivity contribution in [1.29, 1.82) is 0 Å². The molecule has 2 aliphatic rings. The number of likely N-dealkylation sites (tertiary alicyclic amines) is 1. The zero-order valence-corrected chi connectivity index (χ0v) is 15.8. The summed E-state index contributed by atoms with van der Waals surface area (Å²) in [5, 5.41) is 4.35. The Morgan fingerprint density at radius 1 is 1.14 bits per heavy atom. The first-order valence-corrected chi connectivity index (χ1v) is 9.52. The van der Waals surface area contributed by atoms with Crippen LogP contribution in [-0.4, -0.2) is 70.3 Å². The molecule has 2 aliphatic heterocycles. The number of aryl methyl sites for hydroxylation is 1. The van der Waals surface area contributed by atoms with Crippen LogP contribution in [0.5, 0.6) is 0 Å². The minimum absolute atomic E-state index is 0.0103. The Bertz CT molecular complexity index is 874. The normalized spacial score (nSPS) is 19.9. The Kier molecular flexibility index (Phi) is 5.13. The summed E-state index contributed by atoms with van der Waals surface area (Å²) in [6, 6.07) is 7.32. The molecule has 0 saturated carbocycles. The van der Waals surface area contributed by atoms with E-state index in [1.807, 2.05) is 0 Å². The maximum Gasteiger partial charge on any atom is 0.275 e. The van der Waals surface area contributed by atoms with E-state index >= 15 is 0 Å². The second-order valence-electron chi connectivity index (χ2n) is 7.14. The Balaban J connectivity index is 1.54. The van der Waals surface area contributed by atoms with Gasteiger partial charge < -0.3 is 14.5 Å². The van der Waals surface area contributed by atoms with E-state index < -0.39 is 6.04 Å². The molecule has 0 N–H and O–H groups in total. The lowest BCUT2D eigenvalue weighted by molar-refractivity contribution is -0.139. The van der Waals surface area contributed by atoms with Crippen molar-refractivity contribution in [3.05, 3.63) is 41.8 Å². The van der Waals surface area contributed by atoms with Crippen molar-refractivity contribution in [2.24, 2.45) is 7.05 Å². The number of halogens is 1. The Labute approximate surface area is 162 Å². The van der Waals surface area contributed by atoms with Crippen LogP contribution in [-0.2, 0) is 16.6 Å². The molecule has 2 aromatic rings. The summed E-state index contributed by atoms with van der Waals surface area (Å²) in [7, 11) is 1.75. The molecule has 0 aliphatic carbocycles. The molecular formula is C20H23FN4O3. The van der Waals surface area contributed by atoms with Crippen LogP contribution in [0.3, 0.4) is 0 Å². The fraction of sp³-hybridized carbons (Fsp3) is 0.450. The predicted octanol–water partition coefficient (Wildman–Crippen LogP) is 1.69. The molecule has 8 heteroatoms. The lowest BCUT2D eigenvalue weighted by atomic mass is 10.1. The maximum atomic E-state index is 13.2. The lowest BCUT2D eigenvalue weighted by Gasteiger charge is -2.32. The molecule has 2 fully saturated rings. The first-order chi connectivity index (χ1) is 13.5. The van der Waals surface area contributed by atoms with Crippen molar-refractivity contribution < 1.29 is 18.7 Å². The number of ether oxygens (including phenoxy) is 1. The van der Waals surface area contributed by atoms with E-state index in [1.165, 1.54) is 12.1 Å². The maximum absolute atomic E-state index is 13.2. The molecule has 3 heterocycles. The summed E-state index contributed by atoms with van der Waals surface area (Å²) in [6.07, 6.45) is 1.46. The third-order valence-electron chi connectivity index (χ3n) is 5.36. The van der Waals surface area contributed by atoms with Crippen molar-refractivity contribution in [3.8, 4) is 11.3 Å². The van der Waals surface area contributed by atoms with Crippen LogP contribution < -0.4 is 0 Å². The van der Waals surface area contributed by atoms with Gasteiger partial charge in [-0.3, -0.25) is 14.3 Å². The van der Waals surface area contributed by atoms with Gasteiger partial charge in [-0.25, -0.2) is 4.39 Å². The molecule has 0 radical (unpaired) electrons. The molecule has 7 nitrogen and oxygen atoms in total. The van der Waals surface area contributed by atoms with E-state index in [2.05, 4.69) is 5.10 Å².